The van der Waals surface area contributed by atoms with E-state index in [1.54, 1.807) is 12.1 Å². The van der Waals surface area contributed by atoms with E-state index in [9.17, 15) is 5.11 Å². The number of nitrogens with one attached hydrogen (secondary N) is 1. The molecule has 1 aromatic carbocycles. The third kappa shape index (κ3) is 2.49. The van der Waals surface area contributed by atoms with Crippen LogP contribution in [0.2, 0.25) is 0 Å². The number of phenols is 1. The smallest absolute Gasteiger partial charge is 0.117 e. The summed E-state index contributed by atoms with van der Waals surface area (Å²) in [5.74, 6) is 1.76. The fourth-order valence-electron chi connectivity index (χ4n) is 2.75. The molecular formula is C14H21NO. The molecule has 2 atom stereocenters. The van der Waals surface area contributed by atoms with Crippen LogP contribution in [0.3, 0.4) is 0 Å². The van der Waals surface area contributed by atoms with Crippen LogP contribution in [0.4, 0.5) is 5.69 Å². The molecule has 2 unspecified atom stereocenters. The van der Waals surface area contributed by atoms with Crippen LogP contribution in [0.1, 0.15) is 33.1 Å². The largest absolute Gasteiger partial charge is 0.508 e. The summed E-state index contributed by atoms with van der Waals surface area (Å²) in [4.78, 5) is 0. The van der Waals surface area contributed by atoms with Crippen LogP contribution in [-0.2, 0) is 0 Å². The maximum atomic E-state index is 9.43. The van der Waals surface area contributed by atoms with Crippen LogP contribution in [-0.4, -0.2) is 11.1 Å². The Hall–Kier alpha value is -1.18. The van der Waals surface area contributed by atoms with Crippen LogP contribution in [0, 0.1) is 11.8 Å². The molecule has 1 aliphatic carbocycles. The van der Waals surface area contributed by atoms with Gasteiger partial charge in [-0.2, -0.15) is 0 Å². The molecule has 0 heterocycles. The molecule has 0 radical (unpaired) electrons. The second-order valence-corrected chi connectivity index (χ2v) is 5.11. The van der Waals surface area contributed by atoms with Crippen molar-refractivity contribution in [2.24, 2.45) is 11.8 Å². The van der Waals surface area contributed by atoms with Gasteiger partial charge in [-0.25, -0.2) is 0 Å². The highest BCUT2D eigenvalue weighted by Gasteiger charge is 2.27. The number of benzene rings is 1. The minimum Gasteiger partial charge on any atom is -0.508 e. The molecule has 0 amide bonds. The standard InChI is InChI=1S/C14H21NO/c1-10-5-3-6-11(2)14(10)15-12-7-4-8-13(16)9-12/h4,7-11,14-16H,3,5-6H2,1-2H3. The molecular weight excluding hydrogens is 198 g/mol. The second-order valence-electron chi connectivity index (χ2n) is 5.11. The number of anilines is 1. The van der Waals surface area contributed by atoms with Crippen LogP contribution < -0.4 is 5.32 Å². The first kappa shape index (κ1) is 11.3. The van der Waals surface area contributed by atoms with Crippen molar-refractivity contribution in [3.05, 3.63) is 24.3 Å². The summed E-state index contributed by atoms with van der Waals surface area (Å²) >= 11 is 0. The molecule has 1 aromatic rings. The Labute approximate surface area is 97.7 Å². The zero-order valence-electron chi connectivity index (χ0n) is 10.1. The van der Waals surface area contributed by atoms with Crippen molar-refractivity contribution in [3.63, 3.8) is 0 Å². The van der Waals surface area contributed by atoms with Gasteiger partial charge in [0, 0.05) is 17.8 Å². The van der Waals surface area contributed by atoms with Gasteiger partial charge in [-0.1, -0.05) is 26.3 Å². The first-order valence-corrected chi connectivity index (χ1v) is 6.22. The Morgan fingerprint density at radius 3 is 2.50 bits per heavy atom. The average Bonchev–Trinajstić information content (AvgIpc) is 2.24. The summed E-state index contributed by atoms with van der Waals surface area (Å²) in [6.07, 6.45) is 3.96. The maximum Gasteiger partial charge on any atom is 0.117 e. The van der Waals surface area contributed by atoms with Crippen molar-refractivity contribution in [1.82, 2.24) is 0 Å². The van der Waals surface area contributed by atoms with E-state index in [4.69, 9.17) is 0 Å². The molecule has 2 N–H and O–H groups in total. The summed E-state index contributed by atoms with van der Waals surface area (Å²) in [6.45, 7) is 4.63. The molecule has 16 heavy (non-hydrogen) atoms. The topological polar surface area (TPSA) is 32.3 Å². The molecule has 1 aliphatic rings. The Bertz CT molecular complexity index is 340. The molecule has 0 aromatic heterocycles. The van der Waals surface area contributed by atoms with Gasteiger partial charge >= 0.3 is 0 Å². The predicted octanol–water partition coefficient (Wildman–Crippen LogP) is 3.63. The number of hydrogen-bond donors (Lipinski definition) is 2. The van der Waals surface area contributed by atoms with Crippen molar-refractivity contribution in [3.8, 4) is 5.75 Å². The lowest BCUT2D eigenvalue weighted by Crippen LogP contribution is -2.36. The minimum absolute atomic E-state index is 0.334. The number of phenolic OH excluding ortho intramolecular Hbond substituents is 1. The Morgan fingerprint density at radius 1 is 1.19 bits per heavy atom. The van der Waals surface area contributed by atoms with E-state index in [1.165, 1.54) is 19.3 Å². The van der Waals surface area contributed by atoms with Crippen LogP contribution in [0.25, 0.3) is 0 Å². The molecule has 2 rings (SSSR count). The normalized spacial score (nSPS) is 30.0. The highest BCUT2D eigenvalue weighted by atomic mass is 16.3. The SMILES string of the molecule is CC1CCCC(C)C1Nc1cccc(O)c1. The van der Waals surface area contributed by atoms with Crippen LogP contribution in [0.5, 0.6) is 5.75 Å². The number of hydrogen-bond acceptors (Lipinski definition) is 2. The summed E-state index contributed by atoms with van der Waals surface area (Å²) in [6, 6.07) is 7.95. The van der Waals surface area contributed by atoms with Gasteiger partial charge in [-0.15, -0.1) is 0 Å². The van der Waals surface area contributed by atoms with Gasteiger partial charge in [-0.3, -0.25) is 0 Å². The molecule has 88 valence electrons. The monoisotopic (exact) mass is 219 g/mol. The molecule has 0 bridgehead atoms. The highest BCUT2D eigenvalue weighted by molar-refractivity contribution is 5.48. The number of rotatable bonds is 2. The first-order valence-electron chi connectivity index (χ1n) is 6.22. The van der Waals surface area contributed by atoms with E-state index >= 15 is 0 Å². The van der Waals surface area contributed by atoms with Crippen LogP contribution in [0.15, 0.2) is 24.3 Å². The van der Waals surface area contributed by atoms with E-state index in [0.717, 1.165) is 5.69 Å². The Kier molecular flexibility index (Phi) is 3.37. The van der Waals surface area contributed by atoms with Gasteiger partial charge in [0.25, 0.3) is 0 Å². The van der Waals surface area contributed by atoms with E-state index in [1.807, 2.05) is 12.1 Å². The van der Waals surface area contributed by atoms with E-state index < -0.39 is 0 Å². The summed E-state index contributed by atoms with van der Waals surface area (Å²) in [5.41, 5.74) is 1.03. The molecule has 2 heteroatoms. The second kappa shape index (κ2) is 4.77. The number of aromatic hydroxyl groups is 1. The molecule has 0 spiro atoms. The molecule has 0 saturated heterocycles. The van der Waals surface area contributed by atoms with Crippen molar-refractivity contribution >= 4 is 5.69 Å². The van der Waals surface area contributed by atoms with Gasteiger partial charge in [0.05, 0.1) is 0 Å². The lowest BCUT2D eigenvalue weighted by atomic mass is 9.78. The molecule has 1 fully saturated rings. The quantitative estimate of drug-likeness (QED) is 0.796. The van der Waals surface area contributed by atoms with Gasteiger partial charge < -0.3 is 10.4 Å². The predicted molar refractivity (Wildman–Crippen MR) is 67.7 cm³/mol. The van der Waals surface area contributed by atoms with Gasteiger partial charge in [0.15, 0.2) is 0 Å². The summed E-state index contributed by atoms with van der Waals surface area (Å²) in [5, 5.41) is 13.0. The average molecular weight is 219 g/mol. The Balaban J connectivity index is 2.07. The van der Waals surface area contributed by atoms with Crippen molar-refractivity contribution in [1.29, 1.82) is 0 Å². The lowest BCUT2D eigenvalue weighted by molar-refractivity contribution is 0.268. The van der Waals surface area contributed by atoms with Crippen molar-refractivity contribution in [2.45, 2.75) is 39.2 Å². The summed E-state index contributed by atoms with van der Waals surface area (Å²) < 4.78 is 0. The summed E-state index contributed by atoms with van der Waals surface area (Å²) in [7, 11) is 0. The molecule has 2 nitrogen and oxygen atoms in total. The zero-order valence-corrected chi connectivity index (χ0v) is 10.1. The first-order chi connectivity index (χ1) is 7.66. The van der Waals surface area contributed by atoms with Gasteiger partial charge in [0.2, 0.25) is 0 Å². The fraction of sp³-hybridized carbons (Fsp3) is 0.571. The lowest BCUT2D eigenvalue weighted by Gasteiger charge is -2.35. The van der Waals surface area contributed by atoms with E-state index in [2.05, 4.69) is 19.2 Å². The van der Waals surface area contributed by atoms with E-state index in [0.29, 0.717) is 23.6 Å². The maximum absolute atomic E-state index is 9.43. The van der Waals surface area contributed by atoms with E-state index in [-0.39, 0.29) is 0 Å². The van der Waals surface area contributed by atoms with Crippen molar-refractivity contribution < 1.29 is 5.11 Å². The van der Waals surface area contributed by atoms with Crippen molar-refractivity contribution in [2.75, 3.05) is 5.32 Å². The highest BCUT2D eigenvalue weighted by Crippen LogP contribution is 2.31. The third-order valence-corrected chi connectivity index (χ3v) is 3.72. The zero-order chi connectivity index (χ0) is 11.5. The molecule has 0 aliphatic heterocycles. The fourth-order valence-corrected chi connectivity index (χ4v) is 2.75. The van der Waals surface area contributed by atoms with Gasteiger partial charge in [-0.05, 0) is 36.8 Å². The third-order valence-electron chi connectivity index (χ3n) is 3.72. The minimum atomic E-state index is 0.334. The van der Waals surface area contributed by atoms with Crippen LogP contribution >= 0.6 is 0 Å². The van der Waals surface area contributed by atoms with Gasteiger partial charge in [0.1, 0.15) is 5.75 Å². The Morgan fingerprint density at radius 2 is 1.88 bits per heavy atom. The molecule has 1 saturated carbocycles.